The van der Waals surface area contributed by atoms with Gasteiger partial charge in [0.25, 0.3) is 0 Å². The number of hydrogen-bond donors (Lipinski definition) is 6. The second kappa shape index (κ2) is 7.45. The van der Waals surface area contributed by atoms with Crippen molar-refractivity contribution >= 4 is 0 Å². The minimum absolute atomic E-state index is 0.272. The van der Waals surface area contributed by atoms with Gasteiger partial charge in [-0.05, 0) is 0 Å². The number of hydrogen-bond acceptors (Lipinski definition) is 10. The molecule has 6 N–H and O–H groups in total. The molecular formula is C12H22O10. The van der Waals surface area contributed by atoms with Crippen molar-refractivity contribution in [2.45, 2.75) is 55.3 Å². The molecule has 0 aliphatic carbocycles. The lowest BCUT2D eigenvalue weighted by Gasteiger charge is -2.44. The summed E-state index contributed by atoms with van der Waals surface area (Å²) in [5.74, 6) is 0. The van der Waals surface area contributed by atoms with Crippen LogP contribution in [0.5, 0.6) is 0 Å². The van der Waals surface area contributed by atoms with Gasteiger partial charge in [0.05, 0.1) is 13.2 Å². The van der Waals surface area contributed by atoms with E-state index in [0.29, 0.717) is 0 Å². The summed E-state index contributed by atoms with van der Waals surface area (Å²) in [6.07, 6.45) is -12.0. The van der Waals surface area contributed by atoms with Crippen molar-refractivity contribution in [3.63, 3.8) is 0 Å². The van der Waals surface area contributed by atoms with E-state index in [1.165, 1.54) is 7.11 Å². The summed E-state index contributed by atoms with van der Waals surface area (Å²) in [7, 11) is 1.27. The molecule has 0 bridgehead atoms. The van der Waals surface area contributed by atoms with Crippen molar-refractivity contribution < 1.29 is 49.6 Å². The van der Waals surface area contributed by atoms with Gasteiger partial charge in [-0.2, -0.15) is 0 Å². The Bertz CT molecular complexity index is 353. The highest BCUT2D eigenvalue weighted by Crippen LogP contribution is 2.27. The zero-order chi connectivity index (χ0) is 16.4. The number of rotatable bonds is 4. The Morgan fingerprint density at radius 3 is 2.23 bits per heavy atom. The first-order valence-corrected chi connectivity index (χ1v) is 6.87. The molecule has 0 aromatic heterocycles. The first-order chi connectivity index (χ1) is 10.4. The normalized spacial score (nSPS) is 50.0. The smallest absolute Gasteiger partial charge is 0.186 e. The van der Waals surface area contributed by atoms with E-state index in [1.807, 2.05) is 0 Å². The van der Waals surface area contributed by atoms with Crippen molar-refractivity contribution in [3.05, 3.63) is 0 Å². The first-order valence-electron chi connectivity index (χ1n) is 6.87. The average Bonchev–Trinajstić information content (AvgIpc) is 2.52. The zero-order valence-electron chi connectivity index (χ0n) is 11.9. The van der Waals surface area contributed by atoms with E-state index in [1.54, 1.807) is 0 Å². The van der Waals surface area contributed by atoms with Crippen LogP contribution in [0.1, 0.15) is 0 Å². The Balaban J connectivity index is 2.06. The van der Waals surface area contributed by atoms with Gasteiger partial charge >= 0.3 is 0 Å². The summed E-state index contributed by atoms with van der Waals surface area (Å²) in [5.41, 5.74) is 0. The van der Waals surface area contributed by atoms with Crippen LogP contribution in [0, 0.1) is 0 Å². The van der Waals surface area contributed by atoms with Crippen LogP contribution in [-0.4, -0.2) is 106 Å². The SMILES string of the molecule is CO[C@H]1O[C@H](CO)[C@@H](O)[C@@H](O)[C@H]1O[C@H]1OC[C@@H](O)[C@H](O)[C@@H]1O. The summed E-state index contributed by atoms with van der Waals surface area (Å²) in [4.78, 5) is 0. The van der Waals surface area contributed by atoms with Crippen molar-refractivity contribution in [1.82, 2.24) is 0 Å². The summed E-state index contributed by atoms with van der Waals surface area (Å²) >= 11 is 0. The Morgan fingerprint density at radius 2 is 1.64 bits per heavy atom. The molecular weight excluding hydrogens is 304 g/mol. The third-order valence-corrected chi connectivity index (χ3v) is 3.80. The fourth-order valence-electron chi connectivity index (χ4n) is 2.44. The molecule has 0 aromatic carbocycles. The maximum Gasteiger partial charge on any atom is 0.186 e. The molecule has 2 heterocycles. The van der Waals surface area contributed by atoms with Crippen LogP contribution >= 0.6 is 0 Å². The lowest BCUT2D eigenvalue weighted by Crippen LogP contribution is -2.63. The van der Waals surface area contributed by atoms with E-state index in [4.69, 9.17) is 24.1 Å². The van der Waals surface area contributed by atoms with Gasteiger partial charge in [0.15, 0.2) is 12.6 Å². The molecule has 10 nitrogen and oxygen atoms in total. The molecule has 130 valence electrons. The molecule has 2 saturated heterocycles. The molecule has 10 heteroatoms. The quantitative estimate of drug-likeness (QED) is 0.300. The highest BCUT2D eigenvalue weighted by atomic mass is 16.7. The lowest BCUT2D eigenvalue weighted by molar-refractivity contribution is -0.353. The van der Waals surface area contributed by atoms with Gasteiger partial charge in [-0.15, -0.1) is 0 Å². The van der Waals surface area contributed by atoms with Crippen molar-refractivity contribution in [2.75, 3.05) is 20.3 Å². The first kappa shape index (κ1) is 17.9. The number of methoxy groups -OCH3 is 1. The summed E-state index contributed by atoms with van der Waals surface area (Å²) in [5, 5.41) is 57.8. The average molecular weight is 326 g/mol. The van der Waals surface area contributed by atoms with Gasteiger partial charge in [-0.25, -0.2) is 0 Å². The molecule has 2 rings (SSSR count). The van der Waals surface area contributed by atoms with Gasteiger partial charge in [-0.1, -0.05) is 0 Å². The van der Waals surface area contributed by atoms with Crippen LogP contribution in [0.3, 0.4) is 0 Å². The molecule has 2 aliphatic heterocycles. The van der Waals surface area contributed by atoms with E-state index in [9.17, 15) is 25.5 Å². The maximum atomic E-state index is 10.1. The molecule has 0 amide bonds. The molecule has 0 unspecified atom stereocenters. The van der Waals surface area contributed by atoms with Gasteiger partial charge in [0.2, 0.25) is 0 Å². The molecule has 9 atom stereocenters. The van der Waals surface area contributed by atoms with E-state index in [-0.39, 0.29) is 6.61 Å². The van der Waals surface area contributed by atoms with Crippen LogP contribution in [-0.2, 0) is 18.9 Å². The maximum absolute atomic E-state index is 10.1. The summed E-state index contributed by atoms with van der Waals surface area (Å²) < 4.78 is 20.7. The molecule has 0 aromatic rings. The Labute approximate surface area is 126 Å². The van der Waals surface area contributed by atoms with E-state index in [0.717, 1.165) is 0 Å². The third-order valence-electron chi connectivity index (χ3n) is 3.80. The molecule has 2 aliphatic rings. The Morgan fingerprint density at radius 1 is 0.955 bits per heavy atom. The van der Waals surface area contributed by atoms with Crippen LogP contribution < -0.4 is 0 Å². The predicted octanol–water partition coefficient (Wildman–Crippen LogP) is -4.10. The van der Waals surface area contributed by atoms with Crippen molar-refractivity contribution in [3.8, 4) is 0 Å². The number of ether oxygens (including phenoxy) is 4. The monoisotopic (exact) mass is 326 g/mol. The largest absolute Gasteiger partial charge is 0.394 e. The summed E-state index contributed by atoms with van der Waals surface area (Å²) in [6, 6.07) is 0. The zero-order valence-corrected chi connectivity index (χ0v) is 11.9. The number of aliphatic hydroxyl groups is 6. The minimum Gasteiger partial charge on any atom is -0.394 e. The van der Waals surface area contributed by atoms with E-state index in [2.05, 4.69) is 0 Å². The van der Waals surface area contributed by atoms with Crippen LogP contribution in [0.25, 0.3) is 0 Å². The fourth-order valence-corrected chi connectivity index (χ4v) is 2.44. The topological polar surface area (TPSA) is 158 Å². The molecule has 0 saturated carbocycles. The molecule has 0 spiro atoms. The van der Waals surface area contributed by atoms with Gasteiger partial charge in [0, 0.05) is 7.11 Å². The Hall–Kier alpha value is -0.400. The third kappa shape index (κ3) is 3.41. The standard InChI is InChI=1S/C12H22O10/c1-19-12-10(8(17)7(16)5(2-13)21-12)22-11-9(18)6(15)4(14)3-20-11/h4-18H,2-3H2,1H3/t4-,5-,6+,7-,8-,9+,10-,11-,12+/m1/s1. The van der Waals surface area contributed by atoms with E-state index < -0.39 is 61.9 Å². The van der Waals surface area contributed by atoms with E-state index >= 15 is 0 Å². The lowest BCUT2D eigenvalue weighted by atomic mass is 9.98. The van der Waals surface area contributed by atoms with Crippen molar-refractivity contribution in [1.29, 1.82) is 0 Å². The Kier molecular flexibility index (Phi) is 6.07. The van der Waals surface area contributed by atoms with Gasteiger partial charge in [-0.3, -0.25) is 0 Å². The second-order valence-electron chi connectivity index (χ2n) is 5.29. The van der Waals surface area contributed by atoms with Gasteiger partial charge in [0.1, 0.15) is 42.7 Å². The molecule has 2 fully saturated rings. The predicted molar refractivity (Wildman–Crippen MR) is 67.4 cm³/mol. The second-order valence-corrected chi connectivity index (χ2v) is 5.29. The minimum atomic E-state index is -1.55. The van der Waals surface area contributed by atoms with Crippen LogP contribution in [0.15, 0.2) is 0 Å². The van der Waals surface area contributed by atoms with Crippen molar-refractivity contribution in [2.24, 2.45) is 0 Å². The van der Waals surface area contributed by atoms with Gasteiger partial charge < -0.3 is 49.6 Å². The number of aliphatic hydroxyl groups excluding tert-OH is 6. The molecule has 0 radical (unpaired) electrons. The molecule has 22 heavy (non-hydrogen) atoms. The van der Waals surface area contributed by atoms with Crippen LogP contribution in [0.4, 0.5) is 0 Å². The fraction of sp³-hybridized carbons (Fsp3) is 1.00. The van der Waals surface area contributed by atoms with Crippen LogP contribution in [0.2, 0.25) is 0 Å². The summed E-state index contributed by atoms with van der Waals surface area (Å²) in [6.45, 7) is -0.801. The highest BCUT2D eigenvalue weighted by Gasteiger charge is 2.48. The highest BCUT2D eigenvalue weighted by molar-refractivity contribution is 4.91.